The molecule has 1 fully saturated rings. The van der Waals surface area contributed by atoms with Crippen LogP contribution in [-0.2, 0) is 23.6 Å². The molecule has 1 aliphatic carbocycles. The predicted octanol–water partition coefficient (Wildman–Crippen LogP) is 1.07. The Morgan fingerprint density at radius 1 is 1.47 bits per heavy atom. The molecule has 1 atom stereocenters. The van der Waals surface area contributed by atoms with E-state index in [1.54, 1.807) is 12.3 Å². The van der Waals surface area contributed by atoms with E-state index in [0.29, 0.717) is 29.8 Å². The number of nitrogens with one attached hydrogen (secondary N) is 2. The molecular weight excluding hydrogens is 262 g/mol. The third-order valence-electron chi connectivity index (χ3n) is 3.77. The average molecular weight is 285 g/mol. The Bertz CT molecular complexity index is 532. The summed E-state index contributed by atoms with van der Waals surface area (Å²) in [7, 11) is 0.324. The van der Waals surface area contributed by atoms with Gasteiger partial charge in [-0.15, -0.1) is 0 Å². The summed E-state index contributed by atoms with van der Waals surface area (Å²) < 4.78 is 29.0. The average Bonchev–Trinajstić information content (AvgIpc) is 3.13. The van der Waals surface area contributed by atoms with E-state index in [9.17, 15) is 8.42 Å². The van der Waals surface area contributed by atoms with E-state index < -0.39 is 10.0 Å². The van der Waals surface area contributed by atoms with Crippen molar-refractivity contribution in [1.82, 2.24) is 14.6 Å². The highest BCUT2D eigenvalue weighted by Crippen LogP contribution is 2.36. The van der Waals surface area contributed by atoms with Gasteiger partial charge in [0.1, 0.15) is 0 Å². The first kappa shape index (κ1) is 14.6. The number of sulfonamides is 1. The highest BCUT2D eigenvalue weighted by Gasteiger charge is 2.29. The van der Waals surface area contributed by atoms with E-state index in [4.69, 9.17) is 0 Å². The molecule has 0 spiro atoms. The molecule has 1 saturated carbocycles. The molecule has 1 aromatic rings. The first-order chi connectivity index (χ1) is 8.94. The van der Waals surface area contributed by atoms with Crippen LogP contribution in [-0.4, -0.2) is 26.6 Å². The molecule has 2 N–H and O–H groups in total. The van der Waals surface area contributed by atoms with Crippen LogP contribution in [0.1, 0.15) is 25.5 Å². The van der Waals surface area contributed by atoms with E-state index >= 15 is 0 Å². The molecule has 1 aromatic heterocycles. The van der Waals surface area contributed by atoms with Gasteiger partial charge in [0.2, 0.25) is 10.0 Å². The monoisotopic (exact) mass is 285 g/mol. The highest BCUT2D eigenvalue weighted by atomic mass is 32.2. The lowest BCUT2D eigenvalue weighted by Crippen LogP contribution is -2.28. The van der Waals surface area contributed by atoms with Gasteiger partial charge in [-0.05, 0) is 37.8 Å². The Morgan fingerprint density at radius 3 is 2.74 bits per heavy atom. The van der Waals surface area contributed by atoms with Gasteiger partial charge in [-0.25, -0.2) is 13.1 Å². The molecule has 19 heavy (non-hydrogen) atoms. The van der Waals surface area contributed by atoms with Crippen molar-refractivity contribution in [2.24, 2.45) is 18.9 Å². The van der Waals surface area contributed by atoms with E-state index in [1.165, 1.54) is 12.8 Å². The second-order valence-corrected chi connectivity index (χ2v) is 7.24. The summed E-state index contributed by atoms with van der Waals surface area (Å²) in [6.45, 7) is 3.30. The zero-order valence-corrected chi connectivity index (χ0v) is 12.6. The molecule has 0 radical (unpaired) electrons. The third kappa shape index (κ3) is 3.58. The molecule has 6 heteroatoms. The lowest BCUT2D eigenvalue weighted by molar-refractivity contribution is 0.492. The SMILES string of the molecule is CNCc1cc(S(=O)(=O)NCC(C)C2CC2)cn1C. The number of aromatic nitrogens is 1. The van der Waals surface area contributed by atoms with Crippen LogP contribution >= 0.6 is 0 Å². The Kier molecular flexibility index (Phi) is 4.32. The van der Waals surface area contributed by atoms with Gasteiger partial charge in [-0.3, -0.25) is 0 Å². The standard InChI is InChI=1S/C13H23N3O2S/c1-10(11-4-5-11)7-15-19(17,18)13-6-12(8-14-2)16(3)9-13/h6,9-11,14-15H,4-5,7-8H2,1-3H3. The molecule has 1 aliphatic rings. The maximum atomic E-state index is 12.2. The summed E-state index contributed by atoms with van der Waals surface area (Å²) in [5.41, 5.74) is 0.957. The van der Waals surface area contributed by atoms with Gasteiger partial charge in [0.05, 0.1) is 4.90 Å². The zero-order chi connectivity index (χ0) is 14.0. The molecule has 2 rings (SSSR count). The summed E-state index contributed by atoms with van der Waals surface area (Å²) in [6, 6.07) is 1.72. The fraction of sp³-hybridized carbons (Fsp3) is 0.692. The van der Waals surface area contributed by atoms with Crippen LogP contribution in [0.2, 0.25) is 0 Å². The lowest BCUT2D eigenvalue weighted by Gasteiger charge is -2.10. The molecule has 0 saturated heterocycles. The minimum absolute atomic E-state index is 0.350. The largest absolute Gasteiger partial charge is 0.352 e. The van der Waals surface area contributed by atoms with Crippen LogP contribution in [0.15, 0.2) is 17.2 Å². The summed E-state index contributed by atoms with van der Waals surface area (Å²) in [4.78, 5) is 0.350. The maximum absolute atomic E-state index is 12.2. The van der Waals surface area contributed by atoms with Gasteiger partial charge < -0.3 is 9.88 Å². The van der Waals surface area contributed by atoms with Crippen LogP contribution in [0, 0.1) is 11.8 Å². The van der Waals surface area contributed by atoms with Crippen LogP contribution in [0.3, 0.4) is 0 Å². The minimum Gasteiger partial charge on any atom is -0.352 e. The van der Waals surface area contributed by atoms with Crippen LogP contribution in [0.5, 0.6) is 0 Å². The smallest absolute Gasteiger partial charge is 0.242 e. The lowest BCUT2D eigenvalue weighted by atomic mass is 10.1. The fourth-order valence-corrected chi connectivity index (χ4v) is 3.47. The number of nitrogens with zero attached hydrogens (tertiary/aromatic N) is 1. The summed E-state index contributed by atoms with van der Waals surface area (Å²) in [5.74, 6) is 1.13. The molecule has 0 aromatic carbocycles. The van der Waals surface area contributed by atoms with E-state index in [1.807, 2.05) is 18.7 Å². The molecule has 1 unspecified atom stereocenters. The van der Waals surface area contributed by atoms with Crippen molar-refractivity contribution in [3.63, 3.8) is 0 Å². The topological polar surface area (TPSA) is 63.1 Å². The third-order valence-corrected chi connectivity index (χ3v) is 5.16. The van der Waals surface area contributed by atoms with Gasteiger partial charge >= 0.3 is 0 Å². The maximum Gasteiger partial charge on any atom is 0.242 e. The Morgan fingerprint density at radius 2 is 2.16 bits per heavy atom. The van der Waals surface area contributed by atoms with Crippen molar-refractivity contribution in [2.45, 2.75) is 31.2 Å². The van der Waals surface area contributed by atoms with Crippen LogP contribution in [0.25, 0.3) is 0 Å². The number of rotatable bonds is 7. The Labute approximate surface area is 115 Å². The Balaban J connectivity index is 2.03. The molecule has 108 valence electrons. The second-order valence-electron chi connectivity index (χ2n) is 5.47. The number of aryl methyl sites for hydroxylation is 1. The molecule has 0 amide bonds. The van der Waals surface area contributed by atoms with Crippen LogP contribution < -0.4 is 10.0 Å². The summed E-state index contributed by atoms with van der Waals surface area (Å²) in [5, 5.41) is 3.03. The van der Waals surface area contributed by atoms with Gasteiger partial charge in [0, 0.05) is 32.0 Å². The van der Waals surface area contributed by atoms with Crippen molar-refractivity contribution in [1.29, 1.82) is 0 Å². The minimum atomic E-state index is -3.38. The van der Waals surface area contributed by atoms with Crippen LogP contribution in [0.4, 0.5) is 0 Å². The molecule has 0 aliphatic heterocycles. The van der Waals surface area contributed by atoms with E-state index in [-0.39, 0.29) is 0 Å². The molecule has 5 nitrogen and oxygen atoms in total. The van der Waals surface area contributed by atoms with Gasteiger partial charge in [0.15, 0.2) is 0 Å². The van der Waals surface area contributed by atoms with E-state index in [0.717, 1.165) is 5.69 Å². The molecule has 1 heterocycles. The van der Waals surface area contributed by atoms with Crippen molar-refractivity contribution in [2.75, 3.05) is 13.6 Å². The number of hydrogen-bond acceptors (Lipinski definition) is 3. The van der Waals surface area contributed by atoms with Crippen molar-refractivity contribution < 1.29 is 8.42 Å². The Hall–Kier alpha value is -0.850. The first-order valence-corrected chi connectivity index (χ1v) is 8.22. The quantitative estimate of drug-likeness (QED) is 0.787. The predicted molar refractivity (Wildman–Crippen MR) is 75.3 cm³/mol. The normalized spacial score (nSPS) is 17.6. The van der Waals surface area contributed by atoms with E-state index in [2.05, 4.69) is 17.0 Å². The fourth-order valence-electron chi connectivity index (χ4n) is 2.24. The van der Waals surface area contributed by atoms with Crippen molar-refractivity contribution in [3.8, 4) is 0 Å². The highest BCUT2D eigenvalue weighted by molar-refractivity contribution is 7.89. The molecular formula is C13H23N3O2S. The second kappa shape index (κ2) is 5.64. The van der Waals surface area contributed by atoms with Gasteiger partial charge in [-0.2, -0.15) is 0 Å². The van der Waals surface area contributed by atoms with Crippen molar-refractivity contribution >= 4 is 10.0 Å². The first-order valence-electron chi connectivity index (χ1n) is 6.73. The zero-order valence-electron chi connectivity index (χ0n) is 11.8. The summed E-state index contributed by atoms with van der Waals surface area (Å²) in [6.07, 6.45) is 4.14. The van der Waals surface area contributed by atoms with Crippen molar-refractivity contribution in [3.05, 3.63) is 18.0 Å². The molecule has 0 bridgehead atoms. The summed E-state index contributed by atoms with van der Waals surface area (Å²) >= 11 is 0. The van der Waals surface area contributed by atoms with Gasteiger partial charge in [-0.1, -0.05) is 6.92 Å². The van der Waals surface area contributed by atoms with Gasteiger partial charge in [0.25, 0.3) is 0 Å². The number of hydrogen-bond donors (Lipinski definition) is 2.